The number of nitrogens with one attached hydrogen (secondary N) is 1. The van der Waals surface area contributed by atoms with Gasteiger partial charge in [-0.25, -0.2) is 4.39 Å². The molecule has 7 nitrogen and oxygen atoms in total. The number of aryl methyl sites for hydroxylation is 1. The quantitative estimate of drug-likeness (QED) is 0.504. The Morgan fingerprint density at radius 3 is 2.60 bits per heavy atom. The number of benzene rings is 1. The highest BCUT2D eigenvalue weighted by Crippen LogP contribution is 2.37. The lowest BCUT2D eigenvalue weighted by Gasteiger charge is -2.38. The van der Waals surface area contributed by atoms with Crippen molar-refractivity contribution in [2.75, 3.05) is 36.5 Å². The highest BCUT2D eigenvalue weighted by Gasteiger charge is 2.40. The number of rotatable bonds is 4. The van der Waals surface area contributed by atoms with E-state index in [9.17, 15) is 4.79 Å². The van der Waals surface area contributed by atoms with Gasteiger partial charge in [0.2, 0.25) is 0 Å². The summed E-state index contributed by atoms with van der Waals surface area (Å²) in [7, 11) is 0. The standard InChI is InChI=1S/C26H31FN4O3S/c1-17-20-16-23(35-25(20)31(29-17)19-5-3-2-4-6-19)24(32)28-18-7-8-22(21(27)15-18)30-11-9-26(10-12-30)33-13-14-34-26/h7-8,15-16,19H,2-6,9-14H2,1H3,(H,28,32). The maximum Gasteiger partial charge on any atom is 0.265 e. The smallest absolute Gasteiger partial charge is 0.265 e. The highest BCUT2D eigenvalue weighted by atomic mass is 32.1. The molecule has 0 radical (unpaired) electrons. The molecule has 2 aromatic heterocycles. The Hall–Kier alpha value is -2.49. The molecule has 1 aliphatic carbocycles. The number of anilines is 2. The zero-order chi connectivity index (χ0) is 24.0. The minimum atomic E-state index is -0.489. The Morgan fingerprint density at radius 2 is 1.89 bits per heavy atom. The number of hydrogen-bond acceptors (Lipinski definition) is 6. The Labute approximate surface area is 208 Å². The minimum Gasteiger partial charge on any atom is -0.369 e. The second-order valence-electron chi connectivity index (χ2n) is 9.87. The second kappa shape index (κ2) is 9.19. The molecule has 2 saturated heterocycles. The molecule has 1 N–H and O–H groups in total. The molecule has 1 aromatic carbocycles. The molecule has 3 aromatic rings. The predicted octanol–water partition coefficient (Wildman–Crippen LogP) is 5.65. The molecule has 6 rings (SSSR count). The lowest BCUT2D eigenvalue weighted by molar-refractivity contribution is -0.169. The van der Waals surface area contributed by atoms with Crippen LogP contribution in [0.5, 0.6) is 0 Å². The van der Waals surface area contributed by atoms with Crippen LogP contribution in [0.3, 0.4) is 0 Å². The van der Waals surface area contributed by atoms with Crippen LogP contribution in [0.2, 0.25) is 0 Å². The van der Waals surface area contributed by atoms with E-state index in [0.717, 1.165) is 28.8 Å². The molecule has 2 aliphatic heterocycles. The van der Waals surface area contributed by atoms with E-state index in [-0.39, 0.29) is 11.7 Å². The number of nitrogens with zero attached hydrogens (tertiary/aromatic N) is 3. The van der Waals surface area contributed by atoms with Crippen molar-refractivity contribution < 1.29 is 18.7 Å². The third-order valence-electron chi connectivity index (χ3n) is 7.60. The average Bonchev–Trinajstić information content (AvgIpc) is 3.58. The van der Waals surface area contributed by atoms with Crippen molar-refractivity contribution in [1.29, 1.82) is 0 Å². The van der Waals surface area contributed by atoms with Crippen molar-refractivity contribution in [1.82, 2.24) is 9.78 Å². The number of amides is 1. The molecular weight excluding hydrogens is 467 g/mol. The fraction of sp³-hybridized carbons (Fsp3) is 0.538. The average molecular weight is 499 g/mol. The Kier molecular flexibility index (Phi) is 6.02. The lowest BCUT2D eigenvalue weighted by Crippen LogP contribution is -2.45. The van der Waals surface area contributed by atoms with Gasteiger partial charge in [-0.3, -0.25) is 9.48 Å². The highest BCUT2D eigenvalue weighted by molar-refractivity contribution is 7.20. The molecule has 9 heteroatoms. The van der Waals surface area contributed by atoms with Crippen molar-refractivity contribution in [2.24, 2.45) is 0 Å². The molecule has 3 aliphatic rings. The van der Waals surface area contributed by atoms with Crippen LogP contribution in [0, 0.1) is 12.7 Å². The first-order valence-corrected chi connectivity index (χ1v) is 13.5. The number of fused-ring (bicyclic) bond motifs is 1. The van der Waals surface area contributed by atoms with Crippen LogP contribution < -0.4 is 10.2 Å². The van der Waals surface area contributed by atoms with Gasteiger partial charge in [-0.15, -0.1) is 11.3 Å². The van der Waals surface area contributed by atoms with Crippen LogP contribution in [-0.2, 0) is 9.47 Å². The largest absolute Gasteiger partial charge is 0.369 e. The Bertz CT molecular complexity index is 1230. The van der Waals surface area contributed by atoms with Gasteiger partial charge in [0, 0.05) is 37.0 Å². The number of hydrogen-bond donors (Lipinski definition) is 1. The van der Waals surface area contributed by atoms with Gasteiger partial charge in [0.15, 0.2) is 5.79 Å². The molecule has 186 valence electrons. The molecule has 1 amide bonds. The minimum absolute atomic E-state index is 0.219. The first-order valence-electron chi connectivity index (χ1n) is 12.6. The molecule has 4 heterocycles. The van der Waals surface area contributed by atoms with Crippen molar-refractivity contribution >= 4 is 38.8 Å². The summed E-state index contributed by atoms with van der Waals surface area (Å²) in [4.78, 5) is 16.7. The van der Waals surface area contributed by atoms with Crippen molar-refractivity contribution in [3.63, 3.8) is 0 Å². The van der Waals surface area contributed by atoms with Crippen molar-refractivity contribution in [2.45, 2.75) is 63.7 Å². The summed E-state index contributed by atoms with van der Waals surface area (Å²) >= 11 is 1.47. The molecule has 0 bridgehead atoms. The normalized spacial score (nSPS) is 20.7. The van der Waals surface area contributed by atoms with Crippen LogP contribution in [0.1, 0.15) is 66.4 Å². The van der Waals surface area contributed by atoms with Crippen molar-refractivity contribution in [3.05, 3.63) is 40.7 Å². The van der Waals surface area contributed by atoms with E-state index in [1.54, 1.807) is 12.1 Å². The maximum atomic E-state index is 15.0. The van der Waals surface area contributed by atoms with E-state index in [1.807, 2.05) is 17.9 Å². The van der Waals surface area contributed by atoms with Gasteiger partial charge in [0.05, 0.1) is 35.5 Å². The molecular formula is C26H31FN4O3S. The number of carbonyl (C=O) groups excluding carboxylic acids is 1. The predicted molar refractivity (Wildman–Crippen MR) is 135 cm³/mol. The number of halogens is 1. The summed E-state index contributed by atoms with van der Waals surface area (Å²) in [6.45, 7) is 4.59. The number of carbonyl (C=O) groups is 1. The summed E-state index contributed by atoms with van der Waals surface area (Å²) in [5.41, 5.74) is 1.95. The van der Waals surface area contributed by atoms with E-state index < -0.39 is 5.79 Å². The third-order valence-corrected chi connectivity index (χ3v) is 8.72. The van der Waals surface area contributed by atoms with Crippen LogP contribution in [0.25, 0.3) is 10.2 Å². The van der Waals surface area contributed by atoms with Crippen LogP contribution in [0.15, 0.2) is 24.3 Å². The molecule has 1 spiro atoms. The summed E-state index contributed by atoms with van der Waals surface area (Å²) in [6.07, 6.45) is 7.45. The molecule has 1 saturated carbocycles. The molecule has 35 heavy (non-hydrogen) atoms. The van der Waals surface area contributed by atoms with Gasteiger partial charge < -0.3 is 19.7 Å². The molecule has 3 fully saturated rings. The summed E-state index contributed by atoms with van der Waals surface area (Å²) in [6, 6.07) is 7.25. The van der Waals surface area contributed by atoms with Gasteiger partial charge in [0.25, 0.3) is 5.91 Å². The van der Waals surface area contributed by atoms with E-state index in [1.165, 1.54) is 36.7 Å². The van der Waals surface area contributed by atoms with E-state index in [2.05, 4.69) is 10.00 Å². The summed E-state index contributed by atoms with van der Waals surface area (Å²) in [5.74, 6) is -1.05. The van der Waals surface area contributed by atoms with E-state index in [0.29, 0.717) is 61.4 Å². The second-order valence-corrected chi connectivity index (χ2v) is 10.9. The fourth-order valence-corrected chi connectivity index (χ4v) is 6.79. The number of ether oxygens (including phenoxy) is 2. The first kappa shape index (κ1) is 22.9. The molecule has 0 atom stereocenters. The number of piperidine rings is 1. The fourth-order valence-electron chi connectivity index (χ4n) is 5.66. The monoisotopic (exact) mass is 498 g/mol. The van der Waals surface area contributed by atoms with Gasteiger partial charge in [-0.05, 0) is 44.0 Å². The van der Waals surface area contributed by atoms with Gasteiger partial charge in [-0.2, -0.15) is 5.10 Å². The number of thiophene rings is 1. The van der Waals surface area contributed by atoms with Crippen LogP contribution in [0.4, 0.5) is 15.8 Å². The number of aromatic nitrogens is 2. The van der Waals surface area contributed by atoms with Gasteiger partial charge in [-0.1, -0.05) is 19.3 Å². The summed E-state index contributed by atoms with van der Waals surface area (Å²) < 4.78 is 28.7. The van der Waals surface area contributed by atoms with Gasteiger partial charge in [0.1, 0.15) is 10.6 Å². The zero-order valence-electron chi connectivity index (χ0n) is 20.0. The topological polar surface area (TPSA) is 68.6 Å². The lowest BCUT2D eigenvalue weighted by atomic mass is 9.96. The Balaban J connectivity index is 1.15. The summed E-state index contributed by atoms with van der Waals surface area (Å²) in [5, 5.41) is 8.69. The maximum absolute atomic E-state index is 15.0. The third kappa shape index (κ3) is 4.34. The van der Waals surface area contributed by atoms with E-state index >= 15 is 4.39 Å². The zero-order valence-corrected chi connectivity index (χ0v) is 20.8. The molecule has 0 unspecified atom stereocenters. The van der Waals surface area contributed by atoms with Crippen molar-refractivity contribution in [3.8, 4) is 0 Å². The van der Waals surface area contributed by atoms with Crippen LogP contribution in [-0.4, -0.2) is 47.8 Å². The Morgan fingerprint density at radius 1 is 1.14 bits per heavy atom. The van der Waals surface area contributed by atoms with Gasteiger partial charge >= 0.3 is 0 Å². The van der Waals surface area contributed by atoms with Crippen LogP contribution >= 0.6 is 11.3 Å². The SMILES string of the molecule is Cc1nn(C2CCCCC2)c2sc(C(=O)Nc3ccc(N4CCC5(CC4)OCCO5)c(F)c3)cc12. The first-order chi connectivity index (χ1) is 17.0. The van der Waals surface area contributed by atoms with E-state index in [4.69, 9.17) is 14.6 Å².